The molecule has 1 fully saturated rings. The molecule has 0 saturated carbocycles. The fourth-order valence-corrected chi connectivity index (χ4v) is 2.89. The lowest BCUT2D eigenvalue weighted by atomic mass is 10.0. The molecule has 0 aliphatic carbocycles. The van der Waals surface area contributed by atoms with Gasteiger partial charge in [-0.05, 0) is 18.8 Å². The lowest BCUT2D eigenvalue weighted by Crippen LogP contribution is -2.22. The molecule has 1 atom stereocenters. The lowest BCUT2D eigenvalue weighted by molar-refractivity contribution is -0.136. The van der Waals surface area contributed by atoms with Crippen LogP contribution in [0.3, 0.4) is 0 Å². The van der Waals surface area contributed by atoms with Gasteiger partial charge in [0.2, 0.25) is 0 Å². The summed E-state index contributed by atoms with van der Waals surface area (Å²) in [5, 5.41) is 8.41. The Bertz CT molecular complexity index is 211. The van der Waals surface area contributed by atoms with Crippen molar-refractivity contribution in [1.29, 1.82) is 0 Å². The largest absolute Gasteiger partial charge is 0.481 e. The van der Waals surface area contributed by atoms with Crippen molar-refractivity contribution in [3.05, 3.63) is 0 Å². The van der Waals surface area contributed by atoms with Crippen LogP contribution in [-0.4, -0.2) is 40.0 Å². The van der Waals surface area contributed by atoms with Gasteiger partial charge in [-0.3, -0.25) is 9.00 Å². The molecular formula is C9H16O4S. The topological polar surface area (TPSA) is 63.6 Å². The second kappa shape index (κ2) is 6.14. The van der Waals surface area contributed by atoms with Crippen LogP contribution in [0.1, 0.15) is 19.3 Å². The average Bonchev–Trinajstić information content (AvgIpc) is 2.16. The first-order valence-electron chi connectivity index (χ1n) is 4.83. The third-order valence-corrected chi connectivity index (χ3v) is 3.81. The van der Waals surface area contributed by atoms with Gasteiger partial charge in [0.15, 0.2) is 0 Å². The second-order valence-corrected chi connectivity index (χ2v) is 5.13. The highest BCUT2D eigenvalue weighted by atomic mass is 32.2. The van der Waals surface area contributed by atoms with Crippen LogP contribution in [0, 0.1) is 5.92 Å². The minimum Gasteiger partial charge on any atom is -0.481 e. The molecule has 0 radical (unpaired) electrons. The first-order chi connectivity index (χ1) is 6.68. The van der Waals surface area contributed by atoms with Gasteiger partial charge in [0.25, 0.3) is 0 Å². The van der Waals surface area contributed by atoms with E-state index >= 15 is 0 Å². The Morgan fingerprint density at radius 1 is 1.43 bits per heavy atom. The van der Waals surface area contributed by atoms with E-state index in [9.17, 15) is 9.00 Å². The summed E-state index contributed by atoms with van der Waals surface area (Å²) < 4.78 is 16.6. The van der Waals surface area contributed by atoms with Gasteiger partial charge in [0, 0.05) is 35.5 Å². The summed E-state index contributed by atoms with van der Waals surface area (Å²) in [4.78, 5) is 10.2. The molecule has 0 aromatic rings. The number of carboxylic acid groups (broad SMARTS) is 1. The molecule has 1 rings (SSSR count). The smallest absolute Gasteiger partial charge is 0.304 e. The molecule has 0 amide bonds. The van der Waals surface area contributed by atoms with Crippen LogP contribution in [0.25, 0.3) is 0 Å². The molecule has 0 spiro atoms. The zero-order valence-electron chi connectivity index (χ0n) is 8.11. The molecule has 0 bridgehead atoms. The normalized spacial score (nSPS) is 20.6. The van der Waals surface area contributed by atoms with Crippen molar-refractivity contribution in [2.75, 3.05) is 24.7 Å². The van der Waals surface area contributed by atoms with Crippen molar-refractivity contribution >= 4 is 16.8 Å². The Hall–Kier alpha value is -0.420. The van der Waals surface area contributed by atoms with E-state index in [2.05, 4.69) is 0 Å². The van der Waals surface area contributed by atoms with Crippen molar-refractivity contribution in [2.45, 2.75) is 19.3 Å². The third kappa shape index (κ3) is 4.72. The van der Waals surface area contributed by atoms with Crippen LogP contribution >= 0.6 is 0 Å². The van der Waals surface area contributed by atoms with E-state index in [0.717, 1.165) is 26.1 Å². The van der Waals surface area contributed by atoms with E-state index in [1.165, 1.54) is 0 Å². The van der Waals surface area contributed by atoms with E-state index in [1.54, 1.807) is 0 Å². The summed E-state index contributed by atoms with van der Waals surface area (Å²) in [7, 11) is -0.975. The van der Waals surface area contributed by atoms with Crippen LogP contribution in [0.2, 0.25) is 0 Å². The van der Waals surface area contributed by atoms with Gasteiger partial charge in [-0.2, -0.15) is 0 Å². The van der Waals surface area contributed by atoms with Gasteiger partial charge >= 0.3 is 5.97 Å². The maximum absolute atomic E-state index is 11.4. The summed E-state index contributed by atoms with van der Waals surface area (Å²) in [5.74, 6) is 0.507. The molecule has 1 aliphatic heterocycles. The molecule has 5 heteroatoms. The van der Waals surface area contributed by atoms with E-state index in [1.807, 2.05) is 0 Å². The van der Waals surface area contributed by atoms with E-state index in [4.69, 9.17) is 9.84 Å². The lowest BCUT2D eigenvalue weighted by Gasteiger charge is -2.21. The Morgan fingerprint density at radius 3 is 2.64 bits per heavy atom. The van der Waals surface area contributed by atoms with Gasteiger partial charge < -0.3 is 9.84 Å². The number of aliphatic carboxylic acids is 1. The molecule has 0 aromatic heterocycles. The zero-order chi connectivity index (χ0) is 10.4. The van der Waals surface area contributed by atoms with Gasteiger partial charge in [-0.25, -0.2) is 0 Å². The first-order valence-corrected chi connectivity index (χ1v) is 6.32. The third-order valence-electron chi connectivity index (χ3n) is 2.31. The van der Waals surface area contributed by atoms with Gasteiger partial charge in [-0.15, -0.1) is 0 Å². The monoisotopic (exact) mass is 220 g/mol. The first kappa shape index (κ1) is 11.7. The Balaban J connectivity index is 2.15. The Kier molecular flexibility index (Phi) is 5.11. The Labute approximate surface area is 86.1 Å². The highest BCUT2D eigenvalue weighted by Crippen LogP contribution is 2.15. The fraction of sp³-hybridized carbons (Fsp3) is 0.889. The quantitative estimate of drug-likeness (QED) is 0.738. The van der Waals surface area contributed by atoms with E-state index in [-0.39, 0.29) is 12.2 Å². The molecule has 1 aliphatic rings. The van der Waals surface area contributed by atoms with E-state index < -0.39 is 16.8 Å². The van der Waals surface area contributed by atoms with Crippen LogP contribution in [0.4, 0.5) is 0 Å². The minimum atomic E-state index is -0.975. The number of rotatable bonds is 5. The second-order valence-electron chi connectivity index (χ2n) is 3.51. The van der Waals surface area contributed by atoms with Gasteiger partial charge in [-0.1, -0.05) is 0 Å². The molecule has 1 N–H and O–H groups in total. The number of ether oxygens (including phenoxy) is 1. The molecule has 1 saturated heterocycles. The summed E-state index contributed by atoms with van der Waals surface area (Å²) in [5.41, 5.74) is 0. The highest BCUT2D eigenvalue weighted by molar-refractivity contribution is 7.85. The van der Waals surface area contributed by atoms with Gasteiger partial charge in [0.1, 0.15) is 0 Å². The Morgan fingerprint density at radius 2 is 2.07 bits per heavy atom. The number of carboxylic acids is 1. The molecule has 4 nitrogen and oxygen atoms in total. The molecule has 0 aromatic carbocycles. The maximum atomic E-state index is 11.4. The van der Waals surface area contributed by atoms with Crippen LogP contribution in [-0.2, 0) is 20.3 Å². The van der Waals surface area contributed by atoms with Crippen molar-refractivity contribution in [2.24, 2.45) is 5.92 Å². The summed E-state index contributed by atoms with van der Waals surface area (Å²) in [6.07, 6.45) is 1.92. The molecule has 1 heterocycles. The highest BCUT2D eigenvalue weighted by Gasteiger charge is 2.16. The fourth-order valence-electron chi connectivity index (χ4n) is 1.46. The van der Waals surface area contributed by atoms with Crippen molar-refractivity contribution in [3.8, 4) is 0 Å². The molecule has 82 valence electrons. The van der Waals surface area contributed by atoms with Crippen LogP contribution in [0.5, 0.6) is 0 Å². The predicted octanol–water partition coefficient (Wildman–Crippen LogP) is 0.636. The SMILES string of the molecule is O=C(O)CCS(=O)CC1CCOCC1. The number of hydrogen-bond acceptors (Lipinski definition) is 3. The number of hydrogen-bond donors (Lipinski definition) is 1. The van der Waals surface area contributed by atoms with Crippen molar-refractivity contribution in [1.82, 2.24) is 0 Å². The summed E-state index contributed by atoms with van der Waals surface area (Å²) >= 11 is 0. The number of carbonyl (C=O) groups is 1. The maximum Gasteiger partial charge on any atom is 0.304 e. The summed E-state index contributed by atoms with van der Waals surface area (Å²) in [6.45, 7) is 1.50. The van der Waals surface area contributed by atoms with Crippen LogP contribution < -0.4 is 0 Å². The van der Waals surface area contributed by atoms with Crippen LogP contribution in [0.15, 0.2) is 0 Å². The minimum absolute atomic E-state index is 0.00975. The molecular weight excluding hydrogens is 204 g/mol. The summed E-state index contributed by atoms with van der Waals surface area (Å²) in [6, 6.07) is 0. The standard InChI is InChI=1S/C9H16O4S/c10-9(11)3-6-14(12)7-8-1-4-13-5-2-8/h8H,1-7H2,(H,10,11). The van der Waals surface area contributed by atoms with Crippen molar-refractivity contribution < 1.29 is 18.8 Å². The van der Waals surface area contributed by atoms with Gasteiger partial charge in [0.05, 0.1) is 6.42 Å². The predicted molar refractivity (Wildman–Crippen MR) is 53.7 cm³/mol. The van der Waals surface area contributed by atoms with E-state index in [0.29, 0.717) is 11.7 Å². The molecule has 14 heavy (non-hydrogen) atoms. The molecule has 1 unspecified atom stereocenters. The van der Waals surface area contributed by atoms with Crippen molar-refractivity contribution in [3.63, 3.8) is 0 Å². The zero-order valence-corrected chi connectivity index (χ0v) is 8.92. The average molecular weight is 220 g/mol.